The van der Waals surface area contributed by atoms with E-state index in [0.717, 1.165) is 6.42 Å². The molecule has 0 aromatic rings. The Hall–Kier alpha value is -0.490. The Morgan fingerprint density at radius 3 is 3.00 bits per heavy atom. The minimum atomic E-state index is 0.516. The number of allylic oxidation sites excluding steroid dienone is 5. The van der Waals surface area contributed by atoms with E-state index in [0.29, 0.717) is 11.8 Å². The van der Waals surface area contributed by atoms with E-state index in [1.165, 1.54) is 11.1 Å². The number of hydrogen-bond acceptors (Lipinski definition) is 0. The molecule has 0 radical (unpaired) electrons. The second-order valence-corrected chi connectivity index (χ2v) is 3.17. The summed E-state index contributed by atoms with van der Waals surface area (Å²) in [5.74, 6) is 1.15. The third-order valence-electron chi connectivity index (χ3n) is 2.08. The van der Waals surface area contributed by atoms with Gasteiger partial charge < -0.3 is 0 Å². The van der Waals surface area contributed by atoms with Gasteiger partial charge in [-0.3, -0.25) is 0 Å². The van der Waals surface area contributed by atoms with Crippen LogP contribution >= 0.6 is 11.6 Å². The quantitative estimate of drug-likeness (QED) is 0.439. The molecule has 1 heteroatoms. The van der Waals surface area contributed by atoms with Crippen molar-refractivity contribution in [2.75, 3.05) is 5.88 Å². The molecular formula is C10H13Cl. The fourth-order valence-corrected chi connectivity index (χ4v) is 1.57. The molecule has 0 amide bonds. The van der Waals surface area contributed by atoms with Gasteiger partial charge in [0.15, 0.2) is 0 Å². The molecule has 0 saturated heterocycles. The van der Waals surface area contributed by atoms with Gasteiger partial charge in [-0.2, -0.15) is 0 Å². The van der Waals surface area contributed by atoms with Crippen LogP contribution in [-0.4, -0.2) is 5.88 Å². The van der Waals surface area contributed by atoms with Gasteiger partial charge in [-0.1, -0.05) is 23.8 Å². The maximum atomic E-state index is 5.73. The molecule has 0 saturated carbocycles. The Morgan fingerprint density at radius 1 is 1.82 bits per heavy atom. The molecular weight excluding hydrogens is 156 g/mol. The Balaban J connectivity index is 2.73. The number of rotatable bonds is 2. The van der Waals surface area contributed by atoms with Gasteiger partial charge in [0, 0.05) is 5.88 Å². The normalized spacial score (nSPS) is 24.0. The minimum absolute atomic E-state index is 0.516. The highest BCUT2D eigenvalue weighted by Gasteiger charge is 2.09. The molecule has 0 nitrogen and oxygen atoms in total. The summed E-state index contributed by atoms with van der Waals surface area (Å²) >= 11 is 5.73. The lowest BCUT2D eigenvalue weighted by Gasteiger charge is -2.15. The van der Waals surface area contributed by atoms with Gasteiger partial charge in [-0.15, -0.1) is 18.2 Å². The maximum Gasteiger partial charge on any atom is 0.0473 e. The second-order valence-electron chi connectivity index (χ2n) is 2.90. The molecule has 0 heterocycles. The molecule has 0 spiro atoms. The van der Waals surface area contributed by atoms with E-state index in [1.807, 2.05) is 6.08 Å². The van der Waals surface area contributed by atoms with Crippen LogP contribution in [0.25, 0.3) is 0 Å². The van der Waals surface area contributed by atoms with Crippen molar-refractivity contribution in [1.82, 2.24) is 0 Å². The summed E-state index contributed by atoms with van der Waals surface area (Å²) in [6, 6.07) is 0. The van der Waals surface area contributed by atoms with Gasteiger partial charge >= 0.3 is 0 Å². The predicted octanol–water partition coefficient (Wildman–Crippen LogP) is 3.30. The molecule has 0 aromatic heterocycles. The van der Waals surface area contributed by atoms with Crippen molar-refractivity contribution in [3.8, 4) is 0 Å². The highest BCUT2D eigenvalue weighted by molar-refractivity contribution is 6.19. The lowest BCUT2D eigenvalue weighted by molar-refractivity contribution is 0.775. The van der Waals surface area contributed by atoms with Crippen LogP contribution in [0.2, 0.25) is 0 Å². The average molecular weight is 169 g/mol. The fourth-order valence-electron chi connectivity index (χ4n) is 1.26. The van der Waals surface area contributed by atoms with Crippen LogP contribution in [0.1, 0.15) is 13.3 Å². The maximum absolute atomic E-state index is 5.73. The molecule has 1 atom stereocenters. The van der Waals surface area contributed by atoms with Crippen LogP contribution < -0.4 is 0 Å². The highest BCUT2D eigenvalue weighted by Crippen LogP contribution is 2.24. The zero-order chi connectivity index (χ0) is 8.27. The van der Waals surface area contributed by atoms with Gasteiger partial charge in [0.05, 0.1) is 0 Å². The van der Waals surface area contributed by atoms with E-state index in [4.69, 9.17) is 11.6 Å². The zero-order valence-corrected chi connectivity index (χ0v) is 7.56. The van der Waals surface area contributed by atoms with Gasteiger partial charge in [0.25, 0.3) is 0 Å². The van der Waals surface area contributed by atoms with E-state index in [9.17, 15) is 0 Å². The molecule has 1 aliphatic carbocycles. The van der Waals surface area contributed by atoms with Crippen molar-refractivity contribution in [2.24, 2.45) is 5.92 Å². The van der Waals surface area contributed by atoms with Crippen LogP contribution in [0, 0.1) is 5.92 Å². The summed E-state index contributed by atoms with van der Waals surface area (Å²) in [5, 5.41) is 0. The van der Waals surface area contributed by atoms with Crippen molar-refractivity contribution in [3.63, 3.8) is 0 Å². The third kappa shape index (κ3) is 1.97. The first kappa shape index (κ1) is 8.61. The predicted molar refractivity (Wildman–Crippen MR) is 50.9 cm³/mol. The molecule has 1 aliphatic rings. The number of alkyl halides is 1. The molecule has 1 rings (SSSR count). The van der Waals surface area contributed by atoms with E-state index in [-0.39, 0.29) is 0 Å². The fraction of sp³-hybridized carbons (Fsp3) is 0.400. The standard InChI is InChI=1S/C10H13Cl/c1-3-9-4-5-10(7-11)8(2)6-9/h3-5,9H,1,6-7H2,2H3. The van der Waals surface area contributed by atoms with Crippen LogP contribution in [-0.2, 0) is 0 Å². The lowest BCUT2D eigenvalue weighted by Crippen LogP contribution is -2.01. The van der Waals surface area contributed by atoms with Gasteiger partial charge in [-0.05, 0) is 24.8 Å². The smallest absolute Gasteiger partial charge is 0.0473 e. The van der Waals surface area contributed by atoms with Crippen LogP contribution in [0.4, 0.5) is 0 Å². The first-order chi connectivity index (χ1) is 5.27. The molecule has 0 bridgehead atoms. The summed E-state index contributed by atoms with van der Waals surface area (Å²) < 4.78 is 0. The van der Waals surface area contributed by atoms with Gasteiger partial charge in [0.2, 0.25) is 0 Å². The van der Waals surface area contributed by atoms with E-state index >= 15 is 0 Å². The summed E-state index contributed by atoms with van der Waals surface area (Å²) in [7, 11) is 0. The number of hydrogen-bond donors (Lipinski definition) is 0. The Kier molecular flexibility index (Phi) is 2.95. The van der Waals surface area contributed by atoms with Crippen LogP contribution in [0.5, 0.6) is 0 Å². The highest BCUT2D eigenvalue weighted by atomic mass is 35.5. The first-order valence-corrected chi connectivity index (χ1v) is 4.36. The van der Waals surface area contributed by atoms with E-state index in [2.05, 4.69) is 25.7 Å². The molecule has 1 unspecified atom stereocenters. The largest absolute Gasteiger partial charge is 0.122 e. The molecule has 0 fully saturated rings. The monoisotopic (exact) mass is 168 g/mol. The minimum Gasteiger partial charge on any atom is -0.122 e. The van der Waals surface area contributed by atoms with Crippen LogP contribution in [0.3, 0.4) is 0 Å². The first-order valence-electron chi connectivity index (χ1n) is 3.83. The van der Waals surface area contributed by atoms with Gasteiger partial charge in [-0.25, -0.2) is 0 Å². The van der Waals surface area contributed by atoms with Crippen molar-refractivity contribution in [2.45, 2.75) is 13.3 Å². The van der Waals surface area contributed by atoms with Crippen molar-refractivity contribution >= 4 is 11.6 Å². The van der Waals surface area contributed by atoms with Crippen molar-refractivity contribution in [3.05, 3.63) is 36.0 Å². The summed E-state index contributed by atoms with van der Waals surface area (Å²) in [6.07, 6.45) is 7.34. The third-order valence-corrected chi connectivity index (χ3v) is 2.37. The van der Waals surface area contributed by atoms with Crippen LogP contribution in [0.15, 0.2) is 36.0 Å². The Morgan fingerprint density at radius 2 is 2.55 bits per heavy atom. The van der Waals surface area contributed by atoms with Crippen molar-refractivity contribution < 1.29 is 0 Å². The topological polar surface area (TPSA) is 0 Å². The van der Waals surface area contributed by atoms with Crippen molar-refractivity contribution in [1.29, 1.82) is 0 Å². The summed E-state index contributed by atoms with van der Waals surface area (Å²) in [4.78, 5) is 0. The zero-order valence-electron chi connectivity index (χ0n) is 6.81. The second kappa shape index (κ2) is 3.77. The molecule has 0 aromatic carbocycles. The van der Waals surface area contributed by atoms with Gasteiger partial charge in [0.1, 0.15) is 0 Å². The summed E-state index contributed by atoms with van der Waals surface area (Å²) in [5.41, 5.74) is 2.66. The molecule has 0 aliphatic heterocycles. The Labute approximate surface area is 73.3 Å². The summed E-state index contributed by atoms with van der Waals surface area (Å²) in [6.45, 7) is 5.90. The molecule has 60 valence electrons. The SMILES string of the molecule is C=CC1C=CC(CCl)=C(C)C1. The number of halogens is 1. The van der Waals surface area contributed by atoms with E-state index < -0.39 is 0 Å². The lowest BCUT2D eigenvalue weighted by atomic mass is 9.91. The molecule has 0 N–H and O–H groups in total. The Bertz CT molecular complexity index is 211. The average Bonchev–Trinajstić information content (AvgIpc) is 2.04. The van der Waals surface area contributed by atoms with E-state index in [1.54, 1.807) is 0 Å². The molecule has 11 heavy (non-hydrogen) atoms.